The zero-order valence-electron chi connectivity index (χ0n) is 11.1. The van der Waals surface area contributed by atoms with Crippen molar-refractivity contribution < 1.29 is 19.5 Å². The molecule has 0 aliphatic rings. The van der Waals surface area contributed by atoms with E-state index in [0.29, 0.717) is 29.1 Å². The van der Waals surface area contributed by atoms with E-state index in [1.54, 1.807) is 25.1 Å². The Morgan fingerprint density at radius 3 is 2.80 bits per heavy atom. The lowest BCUT2D eigenvalue weighted by atomic mass is 10.1. The number of nitrogens with zero attached hydrogens (tertiary/aromatic N) is 1. The summed E-state index contributed by atoms with van der Waals surface area (Å²) in [5.74, 6) is -0.0688. The lowest BCUT2D eigenvalue weighted by Gasteiger charge is -2.06. The van der Waals surface area contributed by atoms with Gasteiger partial charge in [-0.05, 0) is 19.1 Å². The second-order valence-electron chi connectivity index (χ2n) is 4.03. The average Bonchev–Trinajstić information content (AvgIpc) is 2.88. The largest absolute Gasteiger partial charge is 0.496 e. The van der Waals surface area contributed by atoms with Crippen LogP contribution in [0.2, 0.25) is 0 Å². The van der Waals surface area contributed by atoms with Gasteiger partial charge in [-0.2, -0.15) is 0 Å². The first-order chi connectivity index (χ1) is 9.60. The van der Waals surface area contributed by atoms with Crippen LogP contribution < -0.4 is 10.5 Å². The highest BCUT2D eigenvalue weighted by Crippen LogP contribution is 2.26. The van der Waals surface area contributed by atoms with Gasteiger partial charge in [0, 0.05) is 17.0 Å². The zero-order chi connectivity index (χ0) is 14.7. The van der Waals surface area contributed by atoms with E-state index in [1.807, 2.05) is 0 Å². The lowest BCUT2D eigenvalue weighted by Crippen LogP contribution is -2.14. The third kappa shape index (κ3) is 2.37. The molecular weight excluding hydrogens is 262 g/mol. The van der Waals surface area contributed by atoms with Gasteiger partial charge in [0.15, 0.2) is 5.84 Å². The minimum atomic E-state index is -0.437. The molecule has 2 aromatic rings. The van der Waals surface area contributed by atoms with Gasteiger partial charge in [-0.3, -0.25) is 0 Å². The van der Waals surface area contributed by atoms with Gasteiger partial charge in [0.25, 0.3) is 0 Å². The highest BCUT2D eigenvalue weighted by Gasteiger charge is 2.15. The molecule has 0 spiro atoms. The van der Waals surface area contributed by atoms with Gasteiger partial charge < -0.3 is 25.4 Å². The van der Waals surface area contributed by atoms with Crippen LogP contribution in [-0.4, -0.2) is 35.7 Å². The first kappa shape index (κ1) is 13.7. The van der Waals surface area contributed by atoms with Crippen LogP contribution in [0.5, 0.6) is 5.75 Å². The van der Waals surface area contributed by atoms with E-state index in [0.717, 1.165) is 5.39 Å². The van der Waals surface area contributed by atoms with Crippen molar-refractivity contribution in [3.8, 4) is 5.75 Å². The second-order valence-corrected chi connectivity index (χ2v) is 4.03. The number of methoxy groups -OCH3 is 1. The van der Waals surface area contributed by atoms with Crippen LogP contribution in [0.15, 0.2) is 23.4 Å². The van der Waals surface area contributed by atoms with Crippen LogP contribution in [-0.2, 0) is 4.74 Å². The van der Waals surface area contributed by atoms with Gasteiger partial charge in [0.05, 0.1) is 19.3 Å². The molecule has 0 unspecified atom stereocenters. The van der Waals surface area contributed by atoms with E-state index in [1.165, 1.54) is 7.11 Å². The lowest BCUT2D eigenvalue weighted by molar-refractivity contribution is 0.0520. The van der Waals surface area contributed by atoms with E-state index < -0.39 is 5.97 Å². The first-order valence-electron chi connectivity index (χ1n) is 5.96. The molecule has 4 N–H and O–H groups in total. The Labute approximate surface area is 115 Å². The van der Waals surface area contributed by atoms with Crippen LogP contribution >= 0.6 is 0 Å². The number of hydrogen-bond donors (Lipinski definition) is 3. The summed E-state index contributed by atoms with van der Waals surface area (Å²) < 4.78 is 10.1. The molecule has 7 nitrogen and oxygen atoms in total. The Morgan fingerprint density at radius 2 is 2.20 bits per heavy atom. The predicted molar refractivity (Wildman–Crippen MR) is 73.3 cm³/mol. The number of H-pyrrole nitrogens is 1. The molecule has 0 aliphatic carbocycles. The molecule has 0 saturated heterocycles. The summed E-state index contributed by atoms with van der Waals surface area (Å²) in [6.07, 6.45) is 0. The molecule has 20 heavy (non-hydrogen) atoms. The Balaban J connectivity index is 2.55. The van der Waals surface area contributed by atoms with Gasteiger partial charge >= 0.3 is 5.97 Å². The van der Waals surface area contributed by atoms with Crippen LogP contribution in [0.4, 0.5) is 0 Å². The van der Waals surface area contributed by atoms with Crippen molar-refractivity contribution in [2.45, 2.75) is 6.92 Å². The number of nitrogens with one attached hydrogen (secondary N) is 1. The Kier molecular flexibility index (Phi) is 3.79. The smallest absolute Gasteiger partial charge is 0.354 e. The fourth-order valence-electron chi connectivity index (χ4n) is 1.90. The maximum Gasteiger partial charge on any atom is 0.354 e. The number of aromatic amines is 1. The van der Waals surface area contributed by atoms with Crippen LogP contribution in [0.3, 0.4) is 0 Å². The van der Waals surface area contributed by atoms with E-state index in [9.17, 15) is 4.79 Å². The Bertz CT molecular complexity index is 676. The summed E-state index contributed by atoms with van der Waals surface area (Å²) >= 11 is 0. The number of nitrogens with two attached hydrogens (primary N) is 1. The number of esters is 1. The van der Waals surface area contributed by atoms with E-state index in [4.69, 9.17) is 20.4 Å². The Morgan fingerprint density at radius 1 is 1.45 bits per heavy atom. The summed E-state index contributed by atoms with van der Waals surface area (Å²) in [4.78, 5) is 14.6. The standard InChI is InChI=1S/C13H15N3O4/c1-3-20-13(17)10-5-7-4-8(12(14)16-18)11(19-2)6-9(7)15-10/h4-6,15,18H,3H2,1-2H3,(H2,14,16). The quantitative estimate of drug-likeness (QED) is 0.257. The van der Waals surface area contributed by atoms with Gasteiger partial charge in [-0.1, -0.05) is 5.16 Å². The van der Waals surface area contributed by atoms with Crippen molar-refractivity contribution >= 4 is 22.7 Å². The summed E-state index contributed by atoms with van der Waals surface area (Å²) in [6, 6.07) is 4.98. The number of hydrogen-bond acceptors (Lipinski definition) is 5. The number of carbonyl (C=O) groups is 1. The van der Waals surface area contributed by atoms with Crippen molar-refractivity contribution in [2.75, 3.05) is 13.7 Å². The van der Waals surface area contributed by atoms with Crippen molar-refractivity contribution in [1.29, 1.82) is 0 Å². The molecule has 0 saturated carbocycles. The third-order valence-corrected chi connectivity index (χ3v) is 2.82. The molecule has 0 radical (unpaired) electrons. The number of carbonyl (C=O) groups excluding carboxylic acids is 1. The minimum Gasteiger partial charge on any atom is -0.496 e. The summed E-state index contributed by atoms with van der Waals surface area (Å²) in [5.41, 5.74) is 7.06. The van der Waals surface area contributed by atoms with Crippen molar-refractivity contribution in [3.05, 3.63) is 29.5 Å². The topological polar surface area (TPSA) is 110 Å². The van der Waals surface area contributed by atoms with E-state index in [-0.39, 0.29) is 5.84 Å². The molecule has 0 amide bonds. The van der Waals surface area contributed by atoms with Crippen LogP contribution in [0.1, 0.15) is 23.0 Å². The number of benzene rings is 1. The van der Waals surface area contributed by atoms with Gasteiger partial charge in [-0.25, -0.2) is 4.79 Å². The molecule has 1 aromatic carbocycles. The average molecular weight is 277 g/mol. The number of amidine groups is 1. The highest BCUT2D eigenvalue weighted by molar-refractivity contribution is 6.04. The SMILES string of the molecule is CCOC(=O)c1cc2cc(/C(N)=N\O)c(OC)cc2[nH]1. The fourth-order valence-corrected chi connectivity index (χ4v) is 1.90. The molecule has 1 aromatic heterocycles. The first-order valence-corrected chi connectivity index (χ1v) is 5.96. The molecule has 1 heterocycles. The second kappa shape index (κ2) is 5.52. The summed E-state index contributed by atoms with van der Waals surface area (Å²) in [7, 11) is 1.48. The summed E-state index contributed by atoms with van der Waals surface area (Å²) in [6.45, 7) is 2.03. The zero-order valence-corrected chi connectivity index (χ0v) is 11.1. The number of oxime groups is 1. The molecule has 0 bridgehead atoms. The number of fused-ring (bicyclic) bond motifs is 1. The fraction of sp³-hybridized carbons (Fsp3) is 0.231. The maximum absolute atomic E-state index is 11.7. The van der Waals surface area contributed by atoms with Crippen molar-refractivity contribution in [3.63, 3.8) is 0 Å². The van der Waals surface area contributed by atoms with Gasteiger partial charge in [0.1, 0.15) is 11.4 Å². The third-order valence-electron chi connectivity index (χ3n) is 2.82. The summed E-state index contributed by atoms with van der Waals surface area (Å²) in [5, 5.41) is 12.5. The van der Waals surface area contributed by atoms with Gasteiger partial charge in [0.2, 0.25) is 0 Å². The molecule has 7 heteroatoms. The highest BCUT2D eigenvalue weighted by atomic mass is 16.5. The molecule has 2 rings (SSSR count). The predicted octanol–water partition coefficient (Wildman–Crippen LogP) is 1.45. The van der Waals surface area contributed by atoms with Gasteiger partial charge in [-0.15, -0.1) is 0 Å². The van der Waals surface area contributed by atoms with E-state index in [2.05, 4.69) is 10.1 Å². The number of ether oxygens (including phenoxy) is 2. The Hall–Kier alpha value is -2.70. The monoisotopic (exact) mass is 277 g/mol. The molecule has 106 valence electrons. The normalized spacial score (nSPS) is 11.6. The van der Waals surface area contributed by atoms with Crippen LogP contribution in [0, 0.1) is 0 Å². The van der Waals surface area contributed by atoms with Crippen LogP contribution in [0.25, 0.3) is 10.9 Å². The minimum absolute atomic E-state index is 0.0670. The maximum atomic E-state index is 11.7. The molecular formula is C13H15N3O4. The van der Waals surface area contributed by atoms with Crippen molar-refractivity contribution in [2.24, 2.45) is 10.9 Å². The molecule has 0 atom stereocenters. The number of aromatic nitrogens is 1. The van der Waals surface area contributed by atoms with Crippen molar-refractivity contribution in [1.82, 2.24) is 4.98 Å². The molecule has 0 aliphatic heterocycles. The number of rotatable bonds is 4. The van der Waals surface area contributed by atoms with E-state index >= 15 is 0 Å². The molecule has 0 fully saturated rings.